The molecule has 0 atom stereocenters. The van der Waals surface area contributed by atoms with Crippen molar-refractivity contribution < 1.29 is 9.13 Å². The summed E-state index contributed by atoms with van der Waals surface area (Å²) in [5, 5.41) is 0. The summed E-state index contributed by atoms with van der Waals surface area (Å²) in [6, 6.07) is 0. The Kier molecular flexibility index (Phi) is 5.20. The molecule has 0 aliphatic heterocycles. The van der Waals surface area contributed by atoms with Gasteiger partial charge in [-0.2, -0.15) is 0 Å². The minimum Gasteiger partial charge on any atom is -0.383 e. The number of hydrogen-bond acceptors (Lipinski definition) is 1. The number of hydrogen-bond donors (Lipinski definition) is 0. The first kappa shape index (κ1) is 6.11. The molecule has 0 rings (SSSR count). The van der Waals surface area contributed by atoms with Gasteiger partial charge in [-0.15, -0.1) is 0 Å². The number of halogens is 1. The Morgan fingerprint density at radius 1 is 1.67 bits per heavy atom. The molecule has 38 valence electrons. The third kappa shape index (κ3) is 4.11. The Morgan fingerprint density at radius 3 is 2.50 bits per heavy atom. The monoisotopic (exact) mass is 108 g/mol. The van der Waals surface area contributed by atoms with E-state index in [1.165, 1.54) is 0 Å². The molecule has 0 radical (unpaired) electrons. The highest BCUT2D eigenvalue weighted by Gasteiger charge is 1.75. The zero-order chi connectivity index (χ0) is 4.83. The Hall–Kier alpha value is 0.107. The summed E-state index contributed by atoms with van der Waals surface area (Å²) >= 11 is 0. The molecular weight excluding hydrogens is 99.1 g/mol. The van der Waals surface area contributed by atoms with Crippen LogP contribution in [-0.4, -0.2) is 29.8 Å². The Morgan fingerprint density at radius 2 is 2.33 bits per heavy atom. The van der Waals surface area contributed by atoms with E-state index < -0.39 is 0 Å². The maximum Gasteiger partial charge on any atom is 0.113 e. The Bertz CT molecular complexity index is 22.8. The molecule has 0 N–H and O–H groups in total. The van der Waals surface area contributed by atoms with E-state index in [0.29, 0.717) is 0 Å². The first-order valence-corrected chi connectivity index (χ1v) is 3.47. The minimum atomic E-state index is -0.345. The standard InChI is InChI=1S/C3H9FOSi/c4-1-2-5-3-6/h1-3H2,6H3. The fourth-order valence-electron chi connectivity index (χ4n) is 0.199. The maximum absolute atomic E-state index is 11.1. The van der Waals surface area contributed by atoms with Gasteiger partial charge < -0.3 is 4.74 Å². The topological polar surface area (TPSA) is 9.23 Å². The molecule has 6 heavy (non-hydrogen) atoms. The van der Waals surface area contributed by atoms with E-state index in [1.807, 2.05) is 0 Å². The molecule has 0 aromatic carbocycles. The molecule has 0 bridgehead atoms. The fourth-order valence-corrected chi connectivity index (χ4v) is 0.488. The van der Waals surface area contributed by atoms with Crippen LogP contribution in [0.15, 0.2) is 0 Å². The van der Waals surface area contributed by atoms with Gasteiger partial charge in [0, 0.05) is 16.5 Å². The number of rotatable bonds is 3. The smallest absolute Gasteiger partial charge is 0.113 e. The largest absolute Gasteiger partial charge is 0.383 e. The summed E-state index contributed by atoms with van der Waals surface area (Å²) in [6.07, 6.45) is 0.754. The van der Waals surface area contributed by atoms with Crippen LogP contribution in [0.3, 0.4) is 0 Å². The van der Waals surface area contributed by atoms with Crippen LogP contribution in [0.2, 0.25) is 0 Å². The van der Waals surface area contributed by atoms with Crippen LogP contribution in [0.1, 0.15) is 0 Å². The molecule has 0 amide bonds. The van der Waals surface area contributed by atoms with Crippen molar-refractivity contribution in [1.82, 2.24) is 0 Å². The summed E-state index contributed by atoms with van der Waals surface area (Å²) in [4.78, 5) is 0. The van der Waals surface area contributed by atoms with Gasteiger partial charge in [-0.05, 0) is 0 Å². The lowest BCUT2D eigenvalue weighted by Gasteiger charge is -1.89. The van der Waals surface area contributed by atoms with Crippen molar-refractivity contribution in [1.29, 1.82) is 0 Å². The third-order valence-corrected chi connectivity index (χ3v) is 0.834. The molecule has 0 unspecified atom stereocenters. The maximum atomic E-state index is 11.1. The summed E-state index contributed by atoms with van der Waals surface area (Å²) in [5.41, 5.74) is 0. The normalized spacial score (nSPS) is 9.50. The predicted molar refractivity (Wildman–Crippen MR) is 26.7 cm³/mol. The molecule has 0 fully saturated rings. The van der Waals surface area contributed by atoms with Crippen molar-refractivity contribution in [3.63, 3.8) is 0 Å². The van der Waals surface area contributed by atoms with Crippen LogP contribution < -0.4 is 0 Å². The first-order valence-electron chi connectivity index (χ1n) is 2.05. The van der Waals surface area contributed by atoms with Crippen molar-refractivity contribution in [2.75, 3.05) is 19.5 Å². The molecule has 0 aliphatic carbocycles. The van der Waals surface area contributed by atoms with Gasteiger partial charge in [-0.25, -0.2) is 4.39 Å². The van der Waals surface area contributed by atoms with Gasteiger partial charge in [0.25, 0.3) is 0 Å². The van der Waals surface area contributed by atoms with Crippen LogP contribution in [-0.2, 0) is 4.74 Å². The second-order valence-electron chi connectivity index (χ2n) is 0.886. The Labute approximate surface area is 39.9 Å². The lowest BCUT2D eigenvalue weighted by Crippen LogP contribution is -1.96. The first-order chi connectivity index (χ1) is 2.91. The summed E-state index contributed by atoms with van der Waals surface area (Å²) in [5.74, 6) is 0. The van der Waals surface area contributed by atoms with Crippen LogP contribution in [0.25, 0.3) is 0 Å². The summed E-state index contributed by atoms with van der Waals surface area (Å²) in [6.45, 7) is -0.0638. The highest BCUT2D eigenvalue weighted by Crippen LogP contribution is 1.68. The summed E-state index contributed by atoms with van der Waals surface area (Å²) in [7, 11) is 1.01. The molecule has 0 aromatic rings. The second-order valence-corrected chi connectivity index (χ2v) is 1.46. The van der Waals surface area contributed by atoms with E-state index in [2.05, 4.69) is 4.74 Å². The van der Waals surface area contributed by atoms with E-state index in [4.69, 9.17) is 0 Å². The van der Waals surface area contributed by atoms with Crippen molar-refractivity contribution in [2.45, 2.75) is 0 Å². The molecule has 0 spiro atoms. The SMILES string of the molecule is FCCOC[SiH3]. The molecule has 0 saturated carbocycles. The van der Waals surface area contributed by atoms with Gasteiger partial charge in [0.05, 0.1) is 6.61 Å². The van der Waals surface area contributed by atoms with Gasteiger partial charge in [0.15, 0.2) is 0 Å². The van der Waals surface area contributed by atoms with Crippen molar-refractivity contribution in [2.24, 2.45) is 0 Å². The van der Waals surface area contributed by atoms with E-state index in [0.717, 1.165) is 16.5 Å². The Balaban J connectivity index is 2.34. The van der Waals surface area contributed by atoms with Crippen LogP contribution in [0, 0.1) is 0 Å². The minimum absolute atomic E-state index is 0.281. The van der Waals surface area contributed by atoms with Crippen molar-refractivity contribution in [3.05, 3.63) is 0 Å². The quantitative estimate of drug-likeness (QED) is 0.343. The predicted octanol–water partition coefficient (Wildman–Crippen LogP) is -0.705. The number of ether oxygens (including phenoxy) is 1. The average Bonchev–Trinajstić information content (AvgIpc) is 1.61. The van der Waals surface area contributed by atoms with Gasteiger partial charge in [-0.1, -0.05) is 0 Å². The van der Waals surface area contributed by atoms with E-state index in [-0.39, 0.29) is 13.3 Å². The van der Waals surface area contributed by atoms with Crippen LogP contribution >= 0.6 is 0 Å². The van der Waals surface area contributed by atoms with Gasteiger partial charge >= 0.3 is 0 Å². The number of alkyl halides is 1. The van der Waals surface area contributed by atoms with Gasteiger partial charge in [-0.3, -0.25) is 0 Å². The van der Waals surface area contributed by atoms with E-state index in [1.54, 1.807) is 0 Å². The van der Waals surface area contributed by atoms with E-state index in [9.17, 15) is 4.39 Å². The van der Waals surface area contributed by atoms with E-state index >= 15 is 0 Å². The molecular formula is C3H9FOSi. The average molecular weight is 108 g/mol. The molecule has 0 heterocycles. The molecule has 1 nitrogen and oxygen atoms in total. The van der Waals surface area contributed by atoms with Crippen LogP contribution in [0.4, 0.5) is 4.39 Å². The lowest BCUT2D eigenvalue weighted by molar-refractivity contribution is 0.158. The van der Waals surface area contributed by atoms with Gasteiger partial charge in [0.1, 0.15) is 6.67 Å². The highest BCUT2D eigenvalue weighted by molar-refractivity contribution is 6.08. The second kappa shape index (κ2) is 5.11. The molecule has 0 aliphatic rings. The molecule has 0 saturated heterocycles. The zero-order valence-corrected chi connectivity index (χ0v) is 5.91. The van der Waals surface area contributed by atoms with Crippen molar-refractivity contribution in [3.8, 4) is 0 Å². The molecule has 0 aromatic heterocycles. The van der Waals surface area contributed by atoms with Gasteiger partial charge in [0.2, 0.25) is 0 Å². The fraction of sp³-hybridized carbons (Fsp3) is 1.00. The highest BCUT2D eigenvalue weighted by atomic mass is 28.1. The molecule has 3 heteroatoms. The van der Waals surface area contributed by atoms with Crippen molar-refractivity contribution >= 4 is 10.2 Å². The zero-order valence-electron chi connectivity index (χ0n) is 3.91. The third-order valence-electron chi connectivity index (χ3n) is 0.426. The lowest BCUT2D eigenvalue weighted by atomic mass is 10.8. The van der Waals surface area contributed by atoms with Crippen LogP contribution in [0.5, 0.6) is 0 Å². The summed E-state index contributed by atoms with van der Waals surface area (Å²) < 4.78 is 15.7.